The minimum absolute atomic E-state index is 0. The molecule has 0 bridgehead atoms. The highest BCUT2D eigenvalue weighted by atomic mass is 35.5. The summed E-state index contributed by atoms with van der Waals surface area (Å²) in [7, 11) is 1.59. The molecule has 2 N–H and O–H groups in total. The maximum absolute atomic E-state index is 12.2. The van der Waals surface area contributed by atoms with Crippen molar-refractivity contribution in [2.75, 3.05) is 20.2 Å². The van der Waals surface area contributed by atoms with Gasteiger partial charge in [0.1, 0.15) is 11.8 Å². The number of nitrogens with zero attached hydrogens (tertiary/aromatic N) is 1. The van der Waals surface area contributed by atoms with Gasteiger partial charge < -0.3 is 15.2 Å². The van der Waals surface area contributed by atoms with E-state index in [1.165, 1.54) is 0 Å². The summed E-state index contributed by atoms with van der Waals surface area (Å²) in [6.07, 6.45) is 1.41. The Morgan fingerprint density at radius 3 is 2.78 bits per heavy atom. The van der Waals surface area contributed by atoms with Gasteiger partial charge in [-0.2, -0.15) is 0 Å². The zero-order valence-corrected chi connectivity index (χ0v) is 14.1. The van der Waals surface area contributed by atoms with Gasteiger partial charge in [0.2, 0.25) is 5.91 Å². The highest BCUT2D eigenvalue weighted by Gasteiger charge is 2.31. The van der Waals surface area contributed by atoms with Gasteiger partial charge in [0.25, 0.3) is 0 Å². The summed E-state index contributed by atoms with van der Waals surface area (Å²) in [5.74, 6) is -0.311. The van der Waals surface area contributed by atoms with Crippen LogP contribution >= 0.6 is 12.4 Å². The van der Waals surface area contributed by atoms with E-state index in [1.807, 2.05) is 31.2 Å². The zero-order valence-electron chi connectivity index (χ0n) is 13.3. The molecule has 6 nitrogen and oxygen atoms in total. The summed E-state index contributed by atoms with van der Waals surface area (Å²) in [5, 5.41) is 12.0. The molecule has 1 amide bonds. The number of hydrogen-bond acceptors (Lipinski definition) is 4. The molecular formula is C16H23ClN2O4. The Morgan fingerprint density at radius 1 is 1.43 bits per heavy atom. The van der Waals surface area contributed by atoms with Crippen LogP contribution in [-0.4, -0.2) is 48.1 Å². The van der Waals surface area contributed by atoms with Crippen LogP contribution in [0.2, 0.25) is 0 Å². The average Bonchev–Trinajstić information content (AvgIpc) is 2.95. The lowest BCUT2D eigenvalue weighted by atomic mass is 10.1. The summed E-state index contributed by atoms with van der Waals surface area (Å²) >= 11 is 0. The Balaban J connectivity index is 0.00000264. The van der Waals surface area contributed by atoms with Gasteiger partial charge in [0.15, 0.2) is 0 Å². The van der Waals surface area contributed by atoms with Crippen molar-refractivity contribution in [3.8, 4) is 5.75 Å². The molecule has 1 aliphatic rings. The van der Waals surface area contributed by atoms with E-state index in [0.717, 1.165) is 17.7 Å². The molecule has 2 atom stereocenters. The fourth-order valence-corrected chi connectivity index (χ4v) is 2.87. The van der Waals surface area contributed by atoms with E-state index >= 15 is 0 Å². The quantitative estimate of drug-likeness (QED) is 0.824. The number of carbonyl (C=O) groups is 2. The number of likely N-dealkylation sites (tertiary alicyclic amines) is 1. The number of ether oxygens (including phenoxy) is 1. The van der Waals surface area contributed by atoms with Crippen molar-refractivity contribution in [1.29, 1.82) is 0 Å². The van der Waals surface area contributed by atoms with Crippen molar-refractivity contribution >= 4 is 24.3 Å². The van der Waals surface area contributed by atoms with Crippen LogP contribution < -0.4 is 10.1 Å². The Hall–Kier alpha value is -1.79. The summed E-state index contributed by atoms with van der Waals surface area (Å²) in [6, 6.07) is 6.76. The van der Waals surface area contributed by atoms with Crippen LogP contribution in [0.25, 0.3) is 0 Å². The third-order valence-electron chi connectivity index (χ3n) is 3.98. The van der Waals surface area contributed by atoms with E-state index < -0.39 is 12.0 Å². The highest BCUT2D eigenvalue weighted by molar-refractivity contribution is 5.85. The number of hydrogen-bond donors (Lipinski definition) is 2. The minimum Gasteiger partial charge on any atom is -0.496 e. The van der Waals surface area contributed by atoms with E-state index in [9.17, 15) is 9.59 Å². The van der Waals surface area contributed by atoms with Crippen molar-refractivity contribution in [3.05, 3.63) is 29.8 Å². The monoisotopic (exact) mass is 342 g/mol. The molecule has 1 aromatic rings. The minimum atomic E-state index is -0.858. The number of carbonyl (C=O) groups excluding carboxylic acids is 1. The van der Waals surface area contributed by atoms with Crippen LogP contribution in [0, 0.1) is 0 Å². The molecule has 0 aliphatic carbocycles. The Bertz CT molecular complexity index is 553. The summed E-state index contributed by atoms with van der Waals surface area (Å²) in [6.45, 7) is 2.64. The second kappa shape index (κ2) is 8.74. The van der Waals surface area contributed by atoms with Gasteiger partial charge >= 0.3 is 5.97 Å². The third kappa shape index (κ3) is 4.84. The highest BCUT2D eigenvalue weighted by Crippen LogP contribution is 2.24. The largest absolute Gasteiger partial charge is 0.496 e. The standard InChI is InChI=1S/C16H22N2O4.ClH/c1-11(12-6-3-4-8-14(12)22-2)17-15(19)10-18-9-5-7-13(18)16(20)21;/h3-4,6,8,11,13H,5,7,9-10H2,1-2H3,(H,17,19)(H,20,21);1H/t11?,13-;/m1./s1. The second-order valence-electron chi connectivity index (χ2n) is 5.50. The molecule has 1 heterocycles. The molecule has 7 heteroatoms. The number of halogens is 1. The lowest BCUT2D eigenvalue weighted by molar-refractivity contribution is -0.142. The number of amides is 1. The van der Waals surface area contributed by atoms with Crippen molar-refractivity contribution in [1.82, 2.24) is 10.2 Å². The number of rotatable bonds is 6. The molecular weight excluding hydrogens is 320 g/mol. The number of nitrogens with one attached hydrogen (secondary N) is 1. The first-order valence-electron chi connectivity index (χ1n) is 7.42. The molecule has 128 valence electrons. The molecule has 0 aromatic heterocycles. The number of aliphatic carboxylic acids is 1. The molecule has 1 aromatic carbocycles. The van der Waals surface area contributed by atoms with Crippen LogP contribution in [0.1, 0.15) is 31.4 Å². The first kappa shape index (κ1) is 19.3. The van der Waals surface area contributed by atoms with Crippen molar-refractivity contribution in [3.63, 3.8) is 0 Å². The molecule has 2 rings (SSSR count). The Morgan fingerprint density at radius 2 is 2.13 bits per heavy atom. The zero-order chi connectivity index (χ0) is 16.1. The van der Waals surface area contributed by atoms with Gasteiger partial charge in [-0.15, -0.1) is 12.4 Å². The average molecular weight is 343 g/mol. The van der Waals surface area contributed by atoms with Gasteiger partial charge in [0, 0.05) is 5.56 Å². The molecule has 0 spiro atoms. The lowest BCUT2D eigenvalue weighted by Crippen LogP contribution is -2.43. The predicted octanol–water partition coefficient (Wildman–Crippen LogP) is 1.84. The number of methoxy groups -OCH3 is 1. The molecule has 23 heavy (non-hydrogen) atoms. The van der Waals surface area contributed by atoms with Crippen LogP contribution in [0.3, 0.4) is 0 Å². The van der Waals surface area contributed by atoms with Crippen LogP contribution in [0.15, 0.2) is 24.3 Å². The summed E-state index contributed by atoms with van der Waals surface area (Å²) in [4.78, 5) is 25.0. The number of benzene rings is 1. The van der Waals surface area contributed by atoms with Crippen LogP contribution in [0.5, 0.6) is 5.75 Å². The number of carboxylic acids is 1. The van der Waals surface area contributed by atoms with Gasteiger partial charge in [-0.1, -0.05) is 18.2 Å². The maximum atomic E-state index is 12.2. The van der Waals surface area contributed by atoms with Crippen LogP contribution in [-0.2, 0) is 9.59 Å². The fraction of sp³-hybridized carbons (Fsp3) is 0.500. The van der Waals surface area contributed by atoms with E-state index in [-0.39, 0.29) is 30.9 Å². The van der Waals surface area contributed by atoms with Gasteiger partial charge in [-0.05, 0) is 32.4 Å². The molecule has 1 unspecified atom stereocenters. The number of carboxylic acid groups (broad SMARTS) is 1. The fourth-order valence-electron chi connectivity index (χ4n) is 2.87. The van der Waals surface area contributed by atoms with Gasteiger partial charge in [0.05, 0.1) is 19.7 Å². The molecule has 1 saturated heterocycles. The lowest BCUT2D eigenvalue weighted by Gasteiger charge is -2.22. The van der Waals surface area contributed by atoms with Crippen LogP contribution in [0.4, 0.5) is 0 Å². The molecule has 1 fully saturated rings. The third-order valence-corrected chi connectivity index (χ3v) is 3.98. The normalized spacial score (nSPS) is 18.8. The van der Waals surface area contributed by atoms with E-state index in [1.54, 1.807) is 12.0 Å². The van der Waals surface area contributed by atoms with E-state index in [2.05, 4.69) is 5.32 Å². The predicted molar refractivity (Wildman–Crippen MR) is 89.0 cm³/mol. The molecule has 0 saturated carbocycles. The van der Waals surface area contributed by atoms with Crippen molar-refractivity contribution < 1.29 is 19.4 Å². The SMILES string of the molecule is COc1ccccc1C(C)NC(=O)CN1CCC[C@@H]1C(=O)O.Cl. The number of para-hydroxylation sites is 1. The smallest absolute Gasteiger partial charge is 0.320 e. The molecule has 0 radical (unpaired) electrons. The van der Waals surface area contributed by atoms with Gasteiger partial charge in [-0.3, -0.25) is 14.5 Å². The van der Waals surface area contributed by atoms with Crippen molar-refractivity contribution in [2.45, 2.75) is 31.8 Å². The summed E-state index contributed by atoms with van der Waals surface area (Å²) in [5.41, 5.74) is 0.898. The second-order valence-corrected chi connectivity index (χ2v) is 5.50. The Kier molecular flexibility index (Phi) is 7.32. The molecule has 1 aliphatic heterocycles. The maximum Gasteiger partial charge on any atom is 0.320 e. The van der Waals surface area contributed by atoms with E-state index in [0.29, 0.717) is 13.0 Å². The van der Waals surface area contributed by atoms with E-state index in [4.69, 9.17) is 9.84 Å². The first-order chi connectivity index (χ1) is 10.5. The Labute approximate surface area is 142 Å². The first-order valence-corrected chi connectivity index (χ1v) is 7.42. The summed E-state index contributed by atoms with van der Waals surface area (Å²) < 4.78 is 5.29. The topological polar surface area (TPSA) is 78.9 Å². The van der Waals surface area contributed by atoms with Gasteiger partial charge in [-0.25, -0.2) is 0 Å². The van der Waals surface area contributed by atoms with Crippen molar-refractivity contribution in [2.24, 2.45) is 0 Å².